The zero-order chi connectivity index (χ0) is 23.0. The third kappa shape index (κ3) is 53.7. The van der Waals surface area contributed by atoms with E-state index in [-0.39, 0.29) is 25.8 Å². The van der Waals surface area contributed by atoms with E-state index >= 15 is 0 Å². The minimum Gasteiger partial charge on any atom is -0.396 e. The summed E-state index contributed by atoms with van der Waals surface area (Å²) in [7, 11) is 0. The molecule has 4 heteroatoms. The van der Waals surface area contributed by atoms with Crippen LogP contribution in [0.5, 0.6) is 0 Å². The van der Waals surface area contributed by atoms with Crippen LogP contribution in [0.4, 0.5) is 0 Å². The van der Waals surface area contributed by atoms with Gasteiger partial charge in [0.1, 0.15) is 0 Å². The molecule has 0 radical (unpaired) electrons. The van der Waals surface area contributed by atoms with E-state index in [1.807, 2.05) is 0 Å². The molecule has 0 spiro atoms. The third-order valence-corrected chi connectivity index (χ3v) is 5.29. The van der Waals surface area contributed by atoms with Gasteiger partial charge >= 0.3 is 0 Å². The molecule has 0 amide bonds. The Balaban J connectivity index is -0.000000174. The minimum atomic E-state index is 0. The molecule has 0 rings (SSSR count). The van der Waals surface area contributed by atoms with E-state index in [0.29, 0.717) is 19.8 Å². The monoisotopic (exact) mass is 612 g/mol. The van der Waals surface area contributed by atoms with Gasteiger partial charge in [-0.2, -0.15) is 0 Å². The SMILES string of the molecule is CCCCCCCCCO.CCCCCCCCCO.CCCCCCCCCO.[Hf]. The van der Waals surface area contributed by atoms with Crippen molar-refractivity contribution in [1.29, 1.82) is 0 Å². The van der Waals surface area contributed by atoms with Gasteiger partial charge in [-0.25, -0.2) is 0 Å². The summed E-state index contributed by atoms with van der Waals surface area (Å²) >= 11 is 0. The van der Waals surface area contributed by atoms with Gasteiger partial charge in [0.05, 0.1) is 0 Å². The largest absolute Gasteiger partial charge is 0.396 e. The first-order chi connectivity index (χ1) is 14.7. The van der Waals surface area contributed by atoms with E-state index in [2.05, 4.69) is 20.8 Å². The second kappa shape index (κ2) is 44.4. The van der Waals surface area contributed by atoms with Crippen molar-refractivity contribution < 1.29 is 41.2 Å². The topological polar surface area (TPSA) is 60.7 Å². The summed E-state index contributed by atoms with van der Waals surface area (Å²) in [6.45, 7) is 7.80. The molecule has 0 unspecified atom stereocenters. The van der Waals surface area contributed by atoms with Crippen LogP contribution in [0.3, 0.4) is 0 Å². The number of hydrogen-bond acceptors (Lipinski definition) is 3. The summed E-state index contributed by atoms with van der Waals surface area (Å²) in [6, 6.07) is 0. The molecule has 0 saturated heterocycles. The van der Waals surface area contributed by atoms with Crippen molar-refractivity contribution in [3.8, 4) is 0 Å². The molecular formula is C27H60HfO3. The van der Waals surface area contributed by atoms with Crippen LogP contribution in [0.25, 0.3) is 0 Å². The average molecular weight is 611 g/mol. The number of rotatable bonds is 21. The average Bonchev–Trinajstić information content (AvgIpc) is 2.77. The van der Waals surface area contributed by atoms with Crippen LogP contribution in [0, 0.1) is 0 Å². The van der Waals surface area contributed by atoms with Crippen molar-refractivity contribution in [1.82, 2.24) is 0 Å². The number of unbranched alkanes of at least 4 members (excludes halogenated alkanes) is 18. The molecule has 0 aromatic carbocycles. The Morgan fingerprint density at radius 2 is 0.452 bits per heavy atom. The molecule has 0 fully saturated rings. The molecule has 3 nitrogen and oxygen atoms in total. The summed E-state index contributed by atoms with van der Waals surface area (Å²) in [5.41, 5.74) is 0. The van der Waals surface area contributed by atoms with Crippen molar-refractivity contribution >= 4 is 0 Å². The third-order valence-electron chi connectivity index (χ3n) is 5.29. The van der Waals surface area contributed by atoms with Crippen LogP contribution in [0.1, 0.15) is 156 Å². The normalized spacial score (nSPS) is 9.87. The molecule has 190 valence electrons. The smallest absolute Gasteiger partial charge is 0.0431 e. The second-order valence-electron chi connectivity index (χ2n) is 8.53. The van der Waals surface area contributed by atoms with Crippen LogP contribution in [0.2, 0.25) is 0 Å². The van der Waals surface area contributed by atoms with Crippen LogP contribution >= 0.6 is 0 Å². The van der Waals surface area contributed by atoms with Crippen LogP contribution in [0.15, 0.2) is 0 Å². The summed E-state index contributed by atoms with van der Waals surface area (Å²) in [5, 5.41) is 25.4. The Hall–Kier alpha value is 0.750. The summed E-state index contributed by atoms with van der Waals surface area (Å²) < 4.78 is 0. The summed E-state index contributed by atoms with van der Waals surface area (Å²) in [4.78, 5) is 0. The van der Waals surface area contributed by atoms with Gasteiger partial charge in [-0.15, -0.1) is 0 Å². The van der Waals surface area contributed by atoms with E-state index in [4.69, 9.17) is 15.3 Å². The molecule has 0 aromatic heterocycles. The molecule has 0 bridgehead atoms. The van der Waals surface area contributed by atoms with Gasteiger partial charge in [-0.05, 0) is 19.3 Å². The van der Waals surface area contributed by atoms with Gasteiger partial charge in [-0.1, -0.05) is 136 Å². The Kier molecular flexibility index (Phi) is 55.9. The first kappa shape index (κ1) is 39.0. The van der Waals surface area contributed by atoms with Crippen molar-refractivity contribution in [3.63, 3.8) is 0 Å². The minimum absolute atomic E-state index is 0. The maximum atomic E-state index is 8.47. The van der Waals surface area contributed by atoms with Gasteiger partial charge in [0.2, 0.25) is 0 Å². The predicted molar refractivity (Wildman–Crippen MR) is 135 cm³/mol. The van der Waals surface area contributed by atoms with Crippen LogP contribution < -0.4 is 0 Å². The molecule has 0 aliphatic carbocycles. The summed E-state index contributed by atoms with van der Waals surface area (Å²) in [5.74, 6) is 0. The maximum Gasteiger partial charge on any atom is 0.0431 e. The number of hydrogen-bond donors (Lipinski definition) is 3. The fourth-order valence-electron chi connectivity index (χ4n) is 3.21. The van der Waals surface area contributed by atoms with Crippen LogP contribution in [-0.4, -0.2) is 35.1 Å². The Bertz CT molecular complexity index is 178. The zero-order valence-corrected chi connectivity index (χ0v) is 25.4. The Labute approximate surface area is 216 Å². The van der Waals surface area contributed by atoms with E-state index < -0.39 is 0 Å². The van der Waals surface area contributed by atoms with Gasteiger partial charge in [-0.3, -0.25) is 0 Å². The number of aliphatic hydroxyl groups is 3. The molecule has 0 aliphatic heterocycles. The molecule has 0 aliphatic rings. The molecule has 0 saturated carbocycles. The molecule has 0 heterocycles. The van der Waals surface area contributed by atoms with E-state index in [0.717, 1.165) is 19.3 Å². The van der Waals surface area contributed by atoms with Gasteiger partial charge in [0.25, 0.3) is 0 Å². The fourth-order valence-corrected chi connectivity index (χ4v) is 3.21. The van der Waals surface area contributed by atoms with Crippen molar-refractivity contribution in [2.24, 2.45) is 0 Å². The first-order valence-electron chi connectivity index (χ1n) is 13.6. The predicted octanol–water partition coefficient (Wildman–Crippen LogP) is 8.19. The molecule has 31 heavy (non-hydrogen) atoms. The quantitative estimate of drug-likeness (QED) is 0.0907. The Morgan fingerprint density at radius 1 is 0.290 bits per heavy atom. The van der Waals surface area contributed by atoms with Crippen molar-refractivity contribution in [3.05, 3.63) is 0 Å². The van der Waals surface area contributed by atoms with E-state index in [1.165, 1.54) is 116 Å². The van der Waals surface area contributed by atoms with Gasteiger partial charge in [0, 0.05) is 45.7 Å². The summed E-state index contributed by atoms with van der Waals surface area (Å²) in [6.07, 6.45) is 26.8. The van der Waals surface area contributed by atoms with E-state index in [1.54, 1.807) is 0 Å². The Morgan fingerprint density at radius 3 is 0.613 bits per heavy atom. The fraction of sp³-hybridized carbons (Fsp3) is 1.00. The van der Waals surface area contributed by atoms with E-state index in [9.17, 15) is 0 Å². The molecule has 0 aromatic rings. The molecule has 3 N–H and O–H groups in total. The first-order valence-corrected chi connectivity index (χ1v) is 13.6. The van der Waals surface area contributed by atoms with Crippen molar-refractivity contribution in [2.75, 3.05) is 19.8 Å². The second-order valence-corrected chi connectivity index (χ2v) is 8.53. The van der Waals surface area contributed by atoms with Gasteiger partial charge < -0.3 is 15.3 Å². The standard InChI is InChI=1S/3C9H20O.Hf/c3*1-2-3-4-5-6-7-8-9-10;/h3*10H,2-9H2,1H3;. The maximum absolute atomic E-state index is 8.47. The van der Waals surface area contributed by atoms with Crippen LogP contribution in [-0.2, 0) is 25.8 Å². The molecular weight excluding hydrogens is 551 g/mol. The van der Waals surface area contributed by atoms with Gasteiger partial charge in [0.15, 0.2) is 0 Å². The van der Waals surface area contributed by atoms with Crippen molar-refractivity contribution in [2.45, 2.75) is 156 Å². The number of aliphatic hydroxyl groups excluding tert-OH is 3. The molecule has 0 atom stereocenters. The zero-order valence-electron chi connectivity index (χ0n) is 21.8.